The molecule has 0 aliphatic carbocycles. The Morgan fingerprint density at radius 1 is 0.944 bits per heavy atom. The van der Waals surface area contributed by atoms with E-state index in [0.29, 0.717) is 11.3 Å². The molecule has 5 nitrogen and oxygen atoms in total. The fraction of sp³-hybridized carbons (Fsp3) is 0.233. The number of imidazole rings is 1. The highest BCUT2D eigenvalue weighted by Gasteiger charge is 2.17. The van der Waals surface area contributed by atoms with Crippen molar-refractivity contribution in [2.45, 2.75) is 40.5 Å². The monoisotopic (exact) mass is 479 g/mol. The minimum Gasteiger partial charge on any atom is -0.359 e. The highest BCUT2D eigenvalue weighted by Crippen LogP contribution is 2.35. The molecule has 3 aromatic carbocycles. The fourth-order valence-electron chi connectivity index (χ4n) is 4.40. The highest BCUT2D eigenvalue weighted by atomic mass is 19.1. The van der Waals surface area contributed by atoms with Gasteiger partial charge in [0, 0.05) is 46.0 Å². The molecule has 0 aliphatic heterocycles. The average molecular weight is 480 g/mol. The van der Waals surface area contributed by atoms with Crippen LogP contribution >= 0.6 is 0 Å². The SMILES string of the molecule is C=C(N/C(=C\C)c1ccc(-c2ccc3c(c2)c2nccnc2c2[nH]c(C(C)C)nc32)cc1F)C(C)C. The molecule has 5 aromatic rings. The largest absolute Gasteiger partial charge is 0.359 e. The summed E-state index contributed by atoms with van der Waals surface area (Å²) in [6, 6.07) is 11.5. The van der Waals surface area contributed by atoms with Crippen molar-refractivity contribution in [1.82, 2.24) is 25.3 Å². The van der Waals surface area contributed by atoms with Crippen molar-refractivity contribution in [3.63, 3.8) is 0 Å². The molecule has 0 spiro atoms. The van der Waals surface area contributed by atoms with Crippen LogP contribution in [0, 0.1) is 11.7 Å². The number of benzene rings is 3. The van der Waals surface area contributed by atoms with Crippen molar-refractivity contribution in [2.75, 3.05) is 0 Å². The molecule has 0 fully saturated rings. The summed E-state index contributed by atoms with van der Waals surface area (Å²) in [5.41, 5.74) is 7.12. The van der Waals surface area contributed by atoms with E-state index in [-0.39, 0.29) is 17.7 Å². The Bertz CT molecular complexity index is 1660. The summed E-state index contributed by atoms with van der Waals surface area (Å²) in [4.78, 5) is 17.6. The van der Waals surface area contributed by atoms with Crippen molar-refractivity contribution in [1.29, 1.82) is 0 Å². The smallest absolute Gasteiger partial charge is 0.133 e. The second-order valence-electron chi connectivity index (χ2n) is 9.72. The molecule has 0 bridgehead atoms. The van der Waals surface area contributed by atoms with Crippen LogP contribution < -0.4 is 5.32 Å². The summed E-state index contributed by atoms with van der Waals surface area (Å²) in [5.74, 6) is 1.13. The molecule has 2 aromatic heterocycles. The van der Waals surface area contributed by atoms with Gasteiger partial charge in [0.25, 0.3) is 0 Å². The minimum absolute atomic E-state index is 0.246. The van der Waals surface area contributed by atoms with Crippen molar-refractivity contribution in [2.24, 2.45) is 5.92 Å². The zero-order chi connectivity index (χ0) is 25.6. The predicted octanol–water partition coefficient (Wildman–Crippen LogP) is 7.71. The van der Waals surface area contributed by atoms with Gasteiger partial charge >= 0.3 is 0 Å². The second-order valence-corrected chi connectivity index (χ2v) is 9.72. The number of H-pyrrole nitrogens is 1. The normalized spacial score (nSPS) is 12.4. The van der Waals surface area contributed by atoms with Crippen molar-refractivity contribution >= 4 is 38.5 Å². The highest BCUT2D eigenvalue weighted by molar-refractivity contribution is 6.21. The molecule has 0 saturated carbocycles. The molecule has 36 heavy (non-hydrogen) atoms. The number of aromatic nitrogens is 4. The third-order valence-electron chi connectivity index (χ3n) is 6.61. The van der Waals surface area contributed by atoms with Gasteiger partial charge in [0.05, 0.1) is 16.6 Å². The summed E-state index contributed by atoms with van der Waals surface area (Å²) < 4.78 is 15.3. The number of aromatic amines is 1. The van der Waals surface area contributed by atoms with Gasteiger partial charge in [0.1, 0.15) is 17.2 Å². The third-order valence-corrected chi connectivity index (χ3v) is 6.61. The molecular weight excluding hydrogens is 449 g/mol. The molecular formula is C30H30FN5. The Morgan fingerprint density at radius 2 is 1.64 bits per heavy atom. The van der Waals surface area contributed by atoms with Crippen LogP contribution in [0.1, 0.15) is 51.9 Å². The van der Waals surface area contributed by atoms with E-state index in [2.05, 4.69) is 60.6 Å². The Kier molecular flexibility index (Phi) is 6.04. The lowest BCUT2D eigenvalue weighted by Crippen LogP contribution is -2.15. The first-order valence-electron chi connectivity index (χ1n) is 12.3. The maximum atomic E-state index is 15.3. The first-order chi connectivity index (χ1) is 17.3. The number of hydrogen-bond acceptors (Lipinski definition) is 4. The van der Waals surface area contributed by atoms with Gasteiger partial charge in [-0.05, 0) is 42.2 Å². The summed E-state index contributed by atoms with van der Waals surface area (Å²) in [6.45, 7) is 14.3. The molecule has 0 aliphatic rings. The van der Waals surface area contributed by atoms with Crippen molar-refractivity contribution in [3.05, 3.63) is 84.3 Å². The molecule has 0 amide bonds. The zero-order valence-electron chi connectivity index (χ0n) is 21.3. The van der Waals surface area contributed by atoms with Crippen LogP contribution in [0.2, 0.25) is 0 Å². The number of hydrogen-bond donors (Lipinski definition) is 2. The summed E-state index contributed by atoms with van der Waals surface area (Å²) in [5, 5.41) is 5.19. The quantitative estimate of drug-likeness (QED) is 0.245. The number of nitrogens with zero attached hydrogens (tertiary/aromatic N) is 3. The lowest BCUT2D eigenvalue weighted by atomic mass is 9.97. The maximum Gasteiger partial charge on any atom is 0.133 e. The van der Waals surface area contributed by atoms with E-state index in [0.717, 1.165) is 55.5 Å². The van der Waals surface area contributed by atoms with Crippen LogP contribution in [0.25, 0.3) is 49.7 Å². The van der Waals surface area contributed by atoms with E-state index in [1.165, 1.54) is 0 Å². The van der Waals surface area contributed by atoms with E-state index in [4.69, 9.17) is 4.98 Å². The van der Waals surface area contributed by atoms with Crippen molar-refractivity contribution in [3.8, 4) is 11.1 Å². The molecule has 2 N–H and O–H groups in total. The molecule has 0 radical (unpaired) electrons. The Balaban J connectivity index is 1.63. The van der Waals surface area contributed by atoms with Gasteiger partial charge in [-0.3, -0.25) is 9.97 Å². The maximum absolute atomic E-state index is 15.3. The fourth-order valence-corrected chi connectivity index (χ4v) is 4.40. The minimum atomic E-state index is -0.293. The van der Waals surface area contributed by atoms with Gasteiger partial charge in [-0.25, -0.2) is 9.37 Å². The first kappa shape index (κ1) is 23.7. The number of rotatable bonds is 6. The van der Waals surface area contributed by atoms with Gasteiger partial charge in [-0.15, -0.1) is 0 Å². The Hall–Kier alpha value is -4.06. The van der Waals surface area contributed by atoms with Gasteiger partial charge in [0.15, 0.2) is 0 Å². The topological polar surface area (TPSA) is 66.5 Å². The average Bonchev–Trinajstić information content (AvgIpc) is 3.33. The van der Waals surface area contributed by atoms with Crippen LogP contribution in [0.4, 0.5) is 4.39 Å². The van der Waals surface area contributed by atoms with Crippen LogP contribution in [-0.4, -0.2) is 19.9 Å². The Morgan fingerprint density at radius 3 is 2.31 bits per heavy atom. The lowest BCUT2D eigenvalue weighted by molar-refractivity contribution is 0.622. The van der Waals surface area contributed by atoms with Crippen LogP contribution in [0.5, 0.6) is 0 Å². The van der Waals surface area contributed by atoms with Crippen LogP contribution in [0.3, 0.4) is 0 Å². The molecule has 0 unspecified atom stereocenters. The zero-order valence-corrected chi connectivity index (χ0v) is 21.3. The summed E-state index contributed by atoms with van der Waals surface area (Å²) in [7, 11) is 0. The van der Waals surface area contributed by atoms with Gasteiger partial charge in [0.2, 0.25) is 0 Å². The summed E-state index contributed by atoms with van der Waals surface area (Å²) in [6.07, 6.45) is 5.26. The lowest BCUT2D eigenvalue weighted by Gasteiger charge is -2.17. The van der Waals surface area contributed by atoms with Crippen molar-refractivity contribution < 1.29 is 4.39 Å². The molecule has 2 heterocycles. The third kappa shape index (κ3) is 4.02. The van der Waals surface area contributed by atoms with E-state index in [1.807, 2.05) is 37.3 Å². The first-order valence-corrected chi connectivity index (χ1v) is 12.3. The van der Waals surface area contributed by atoms with Crippen LogP contribution in [0.15, 0.2) is 67.1 Å². The molecule has 182 valence electrons. The number of allylic oxidation sites excluding steroid dienone is 2. The van der Waals surface area contributed by atoms with E-state index in [1.54, 1.807) is 18.5 Å². The summed E-state index contributed by atoms with van der Waals surface area (Å²) >= 11 is 0. The van der Waals surface area contributed by atoms with E-state index >= 15 is 4.39 Å². The molecule has 0 saturated heterocycles. The number of halogens is 1. The van der Waals surface area contributed by atoms with E-state index < -0.39 is 0 Å². The molecule has 5 rings (SSSR count). The standard InChI is InChI=1S/C30H30FN5/c1-7-25(34-18(6)16(2)3)22-11-9-20(15-24(22)31)19-8-10-21-23(14-19)26-28(33-13-12-32-26)29-27(21)35-30(36-29)17(4)5/h7-17,34H,6H2,1-5H3,(H,35,36)/b25-7-. The van der Waals surface area contributed by atoms with E-state index in [9.17, 15) is 0 Å². The Labute approximate surface area is 210 Å². The number of fused-ring (bicyclic) bond motifs is 6. The second kappa shape index (κ2) is 9.19. The van der Waals surface area contributed by atoms with Gasteiger partial charge in [-0.2, -0.15) is 0 Å². The van der Waals surface area contributed by atoms with Gasteiger partial charge < -0.3 is 10.3 Å². The van der Waals surface area contributed by atoms with Gasteiger partial charge in [-0.1, -0.05) is 58.5 Å². The predicted molar refractivity (Wildman–Crippen MR) is 147 cm³/mol. The number of nitrogens with one attached hydrogen (secondary N) is 2. The van der Waals surface area contributed by atoms with Crippen LogP contribution in [-0.2, 0) is 0 Å². The molecule has 0 atom stereocenters. The molecule has 6 heteroatoms.